The van der Waals surface area contributed by atoms with E-state index in [1.807, 2.05) is 29.6 Å². The van der Waals surface area contributed by atoms with Gasteiger partial charge < -0.3 is 19.7 Å². The van der Waals surface area contributed by atoms with Gasteiger partial charge in [0.25, 0.3) is 5.91 Å². The lowest BCUT2D eigenvalue weighted by Crippen LogP contribution is -2.47. The molecule has 2 atom stereocenters. The number of carbonyl (C=O) groups is 3. The first-order valence-corrected chi connectivity index (χ1v) is 11.9. The van der Waals surface area contributed by atoms with Crippen LogP contribution in [0.4, 0.5) is 5.69 Å². The molecule has 4 rings (SSSR count). The molecule has 0 radical (unpaired) electrons. The molecular weight excluding hydrogens is 452 g/mol. The fourth-order valence-corrected chi connectivity index (χ4v) is 5.08. The SMILES string of the molecule is CCOC(=O)c1ccc(NC(=O)[C@H]2c3ccccc3C(=O)N(CCOC)[C@H]2c2cccs2)cc1. The summed E-state index contributed by atoms with van der Waals surface area (Å²) >= 11 is 1.51. The first-order chi connectivity index (χ1) is 16.5. The molecule has 0 saturated carbocycles. The number of rotatable bonds is 8. The molecule has 0 aliphatic carbocycles. The summed E-state index contributed by atoms with van der Waals surface area (Å²) in [7, 11) is 1.59. The predicted molar refractivity (Wildman–Crippen MR) is 130 cm³/mol. The fraction of sp³-hybridized carbons (Fsp3) is 0.269. The van der Waals surface area contributed by atoms with Gasteiger partial charge in [0, 0.05) is 29.8 Å². The number of amides is 2. The summed E-state index contributed by atoms with van der Waals surface area (Å²) in [5.74, 6) is -1.38. The van der Waals surface area contributed by atoms with Crippen LogP contribution in [0.15, 0.2) is 66.0 Å². The average Bonchev–Trinajstić information content (AvgIpc) is 3.38. The lowest BCUT2D eigenvalue weighted by atomic mass is 9.81. The van der Waals surface area contributed by atoms with E-state index in [-0.39, 0.29) is 11.8 Å². The third-order valence-electron chi connectivity index (χ3n) is 5.76. The molecule has 0 saturated heterocycles. The third-order valence-corrected chi connectivity index (χ3v) is 6.70. The van der Waals surface area contributed by atoms with E-state index in [2.05, 4.69) is 5.32 Å². The maximum Gasteiger partial charge on any atom is 0.338 e. The van der Waals surface area contributed by atoms with Crippen molar-refractivity contribution in [3.05, 3.63) is 87.6 Å². The van der Waals surface area contributed by atoms with Crippen LogP contribution in [0.1, 0.15) is 50.0 Å². The van der Waals surface area contributed by atoms with E-state index in [1.54, 1.807) is 55.3 Å². The highest BCUT2D eigenvalue weighted by atomic mass is 32.1. The van der Waals surface area contributed by atoms with Crippen LogP contribution in [0.2, 0.25) is 0 Å². The van der Waals surface area contributed by atoms with Crippen molar-refractivity contribution in [3.63, 3.8) is 0 Å². The number of fused-ring (bicyclic) bond motifs is 1. The van der Waals surface area contributed by atoms with Crippen LogP contribution in [0.3, 0.4) is 0 Å². The van der Waals surface area contributed by atoms with Gasteiger partial charge in [-0.2, -0.15) is 0 Å². The first-order valence-electron chi connectivity index (χ1n) is 11.1. The number of nitrogens with zero attached hydrogens (tertiary/aromatic N) is 1. The smallest absolute Gasteiger partial charge is 0.338 e. The topological polar surface area (TPSA) is 84.9 Å². The second-order valence-electron chi connectivity index (χ2n) is 7.80. The van der Waals surface area contributed by atoms with E-state index >= 15 is 0 Å². The number of benzene rings is 2. The van der Waals surface area contributed by atoms with Gasteiger partial charge in [0.1, 0.15) is 0 Å². The van der Waals surface area contributed by atoms with Crippen LogP contribution in [0.25, 0.3) is 0 Å². The monoisotopic (exact) mass is 478 g/mol. The maximum atomic E-state index is 13.7. The van der Waals surface area contributed by atoms with Crippen molar-refractivity contribution in [2.24, 2.45) is 0 Å². The van der Waals surface area contributed by atoms with E-state index < -0.39 is 17.9 Å². The number of methoxy groups -OCH3 is 1. The molecule has 0 spiro atoms. The predicted octanol–water partition coefficient (Wildman–Crippen LogP) is 4.49. The van der Waals surface area contributed by atoms with Crippen molar-refractivity contribution < 1.29 is 23.9 Å². The molecule has 3 aromatic rings. The van der Waals surface area contributed by atoms with Gasteiger partial charge in [-0.1, -0.05) is 24.3 Å². The summed E-state index contributed by atoms with van der Waals surface area (Å²) in [4.78, 5) is 41.7. The minimum absolute atomic E-state index is 0.117. The van der Waals surface area contributed by atoms with Crippen molar-refractivity contribution in [1.82, 2.24) is 4.90 Å². The summed E-state index contributed by atoms with van der Waals surface area (Å²) in [6.07, 6.45) is 0. The molecule has 176 valence electrons. The third kappa shape index (κ3) is 4.73. The molecule has 0 fully saturated rings. The van der Waals surface area contributed by atoms with Gasteiger partial charge in [-0.25, -0.2) is 4.79 Å². The number of thiophene rings is 1. The average molecular weight is 479 g/mol. The molecule has 2 amide bonds. The van der Waals surface area contributed by atoms with Crippen molar-refractivity contribution in [2.45, 2.75) is 18.9 Å². The van der Waals surface area contributed by atoms with E-state index in [0.29, 0.717) is 42.1 Å². The number of carbonyl (C=O) groups excluding carboxylic acids is 3. The normalized spacial score (nSPS) is 17.2. The number of esters is 1. The quantitative estimate of drug-likeness (QED) is 0.482. The zero-order valence-electron chi connectivity index (χ0n) is 19.0. The van der Waals surface area contributed by atoms with Crippen molar-refractivity contribution in [3.8, 4) is 0 Å². The molecule has 1 aliphatic rings. The maximum absolute atomic E-state index is 13.7. The Kier molecular flexibility index (Phi) is 7.40. The fourth-order valence-electron chi connectivity index (χ4n) is 4.21. The number of hydrogen-bond acceptors (Lipinski definition) is 6. The van der Waals surface area contributed by atoms with Crippen LogP contribution < -0.4 is 5.32 Å². The van der Waals surface area contributed by atoms with Crippen molar-refractivity contribution in [1.29, 1.82) is 0 Å². The Morgan fingerprint density at radius 3 is 2.50 bits per heavy atom. The van der Waals surface area contributed by atoms with Gasteiger partial charge in [-0.05, 0) is 54.3 Å². The summed E-state index contributed by atoms with van der Waals surface area (Å²) in [5.41, 5.74) is 2.18. The Bertz CT molecular complexity index is 1160. The Labute approximate surface area is 202 Å². The molecule has 8 heteroatoms. The van der Waals surface area contributed by atoms with Gasteiger partial charge in [0.2, 0.25) is 5.91 Å². The minimum atomic E-state index is -0.617. The zero-order valence-corrected chi connectivity index (χ0v) is 19.8. The van der Waals surface area contributed by atoms with E-state index in [9.17, 15) is 14.4 Å². The highest BCUT2D eigenvalue weighted by molar-refractivity contribution is 7.10. The largest absolute Gasteiger partial charge is 0.462 e. The molecule has 2 heterocycles. The van der Waals surface area contributed by atoms with Crippen LogP contribution in [0.5, 0.6) is 0 Å². The Morgan fingerprint density at radius 2 is 1.82 bits per heavy atom. The van der Waals surface area contributed by atoms with Crippen LogP contribution in [-0.4, -0.2) is 49.6 Å². The molecule has 2 aromatic carbocycles. The minimum Gasteiger partial charge on any atom is -0.462 e. The molecule has 0 bridgehead atoms. The summed E-state index contributed by atoms with van der Waals surface area (Å²) < 4.78 is 10.3. The molecule has 1 aliphatic heterocycles. The molecule has 34 heavy (non-hydrogen) atoms. The summed E-state index contributed by atoms with van der Waals surface area (Å²) in [6.45, 7) is 2.77. The molecule has 0 unspecified atom stereocenters. The van der Waals surface area contributed by atoms with Crippen molar-refractivity contribution in [2.75, 3.05) is 32.2 Å². The Balaban J connectivity index is 1.69. The first kappa shape index (κ1) is 23.7. The van der Waals surface area contributed by atoms with Crippen LogP contribution in [-0.2, 0) is 14.3 Å². The Hall–Kier alpha value is -3.49. The van der Waals surface area contributed by atoms with Crippen molar-refractivity contribution >= 4 is 34.8 Å². The van der Waals surface area contributed by atoms with E-state index in [4.69, 9.17) is 9.47 Å². The lowest BCUT2D eigenvalue weighted by molar-refractivity contribution is -0.119. The second kappa shape index (κ2) is 10.6. The molecule has 1 aromatic heterocycles. The summed E-state index contributed by atoms with van der Waals surface area (Å²) in [5, 5.41) is 4.92. The van der Waals surface area contributed by atoms with E-state index in [0.717, 1.165) is 4.88 Å². The van der Waals surface area contributed by atoms with Crippen LogP contribution in [0, 0.1) is 0 Å². The van der Waals surface area contributed by atoms with Gasteiger partial charge in [0.15, 0.2) is 0 Å². The second-order valence-corrected chi connectivity index (χ2v) is 8.78. The lowest BCUT2D eigenvalue weighted by Gasteiger charge is -2.41. The van der Waals surface area contributed by atoms with Crippen LogP contribution >= 0.6 is 11.3 Å². The van der Waals surface area contributed by atoms with Gasteiger partial charge in [0.05, 0.1) is 30.7 Å². The van der Waals surface area contributed by atoms with Gasteiger partial charge >= 0.3 is 5.97 Å². The molecule has 7 nitrogen and oxygen atoms in total. The Morgan fingerprint density at radius 1 is 1.06 bits per heavy atom. The highest BCUT2D eigenvalue weighted by Crippen LogP contribution is 2.44. The standard InChI is InChI=1S/C26H26N2O5S/c1-3-33-26(31)17-10-12-18(13-11-17)27-24(29)22-19-7-4-5-8-20(19)25(30)28(14-15-32-2)23(22)21-9-6-16-34-21/h4-13,16,22-23H,3,14-15H2,1-2H3,(H,27,29)/t22-,23-/m0/s1. The van der Waals surface area contributed by atoms with Gasteiger partial charge in [-0.3, -0.25) is 9.59 Å². The number of nitrogens with one attached hydrogen (secondary N) is 1. The highest BCUT2D eigenvalue weighted by Gasteiger charge is 2.44. The number of hydrogen-bond donors (Lipinski definition) is 1. The van der Waals surface area contributed by atoms with Gasteiger partial charge in [-0.15, -0.1) is 11.3 Å². The number of anilines is 1. The van der Waals surface area contributed by atoms with E-state index in [1.165, 1.54) is 11.3 Å². The molecule has 1 N–H and O–H groups in total. The zero-order chi connectivity index (χ0) is 24.1. The molecular formula is C26H26N2O5S. The summed E-state index contributed by atoms with van der Waals surface area (Å²) in [6, 6.07) is 17.2. The number of ether oxygens (including phenoxy) is 2.